The fourth-order valence-electron chi connectivity index (χ4n) is 3.21. The quantitative estimate of drug-likeness (QED) is 0.175. The first-order valence-corrected chi connectivity index (χ1v) is 12.9. The Kier molecular flexibility index (Phi) is 8.14. The molecule has 0 atom stereocenters. The second-order valence-corrected chi connectivity index (χ2v) is 9.86. The minimum absolute atomic E-state index is 0.000626. The summed E-state index contributed by atoms with van der Waals surface area (Å²) in [4.78, 5) is 28.7. The number of benzene rings is 1. The molecule has 0 spiro atoms. The lowest BCUT2D eigenvalue weighted by atomic mass is 10.0. The molecule has 1 fully saturated rings. The Bertz CT molecular complexity index is 907. The summed E-state index contributed by atoms with van der Waals surface area (Å²) in [5, 5.41) is 11.2. The predicted octanol–water partition coefficient (Wildman–Crippen LogP) is 4.72. The molecule has 29 heavy (non-hydrogen) atoms. The summed E-state index contributed by atoms with van der Waals surface area (Å²) < 4.78 is 0.899. The number of carbonyl (C=O) groups is 2. The summed E-state index contributed by atoms with van der Waals surface area (Å²) in [6, 6.07) is 9.43. The number of hydrogen-bond donors (Lipinski definition) is 2. The van der Waals surface area contributed by atoms with Gasteiger partial charge in [-0.1, -0.05) is 40.4 Å². The van der Waals surface area contributed by atoms with Gasteiger partial charge < -0.3 is 10.2 Å². The maximum absolute atomic E-state index is 12.5. The molecule has 1 saturated heterocycles. The summed E-state index contributed by atoms with van der Waals surface area (Å²) in [5.74, 6) is 0.985. The number of halogens is 1. The van der Waals surface area contributed by atoms with Crippen LogP contribution < -0.4 is 5.32 Å². The van der Waals surface area contributed by atoms with Crippen LogP contribution in [0.4, 0.5) is 0 Å². The zero-order valence-corrected chi connectivity index (χ0v) is 20.1. The van der Waals surface area contributed by atoms with Gasteiger partial charge in [0.25, 0.3) is 5.91 Å². The van der Waals surface area contributed by atoms with Crippen LogP contribution in [-0.4, -0.2) is 47.1 Å². The van der Waals surface area contributed by atoms with Crippen LogP contribution in [0, 0.1) is 12.3 Å². The van der Waals surface area contributed by atoms with Crippen LogP contribution >= 0.6 is 45.7 Å². The molecule has 0 saturated carbocycles. The van der Waals surface area contributed by atoms with E-state index in [4.69, 9.17) is 5.41 Å². The number of rotatable bonds is 7. The predicted molar refractivity (Wildman–Crippen MR) is 130 cm³/mol. The van der Waals surface area contributed by atoms with Crippen molar-refractivity contribution in [3.8, 4) is 0 Å². The molecule has 154 valence electrons. The number of amides is 1. The largest absolute Gasteiger partial charge is 0.357 e. The molecule has 1 aromatic carbocycles. The van der Waals surface area contributed by atoms with Crippen LogP contribution in [0.15, 0.2) is 30.3 Å². The van der Waals surface area contributed by atoms with E-state index in [2.05, 4.69) is 32.8 Å². The zero-order chi connectivity index (χ0) is 20.8. The summed E-state index contributed by atoms with van der Waals surface area (Å²) >= 11 is 5.00. The molecule has 8 heteroatoms. The van der Waals surface area contributed by atoms with Crippen molar-refractivity contribution in [1.29, 1.82) is 5.41 Å². The fourth-order valence-corrected chi connectivity index (χ4v) is 5.48. The van der Waals surface area contributed by atoms with Gasteiger partial charge in [-0.05, 0) is 49.6 Å². The van der Waals surface area contributed by atoms with Crippen molar-refractivity contribution in [2.75, 3.05) is 25.4 Å². The van der Waals surface area contributed by atoms with Crippen LogP contribution in [0.1, 0.15) is 48.9 Å². The summed E-state index contributed by atoms with van der Waals surface area (Å²) in [6.45, 7) is 4.23. The van der Waals surface area contributed by atoms with Gasteiger partial charge in [-0.3, -0.25) is 15.0 Å². The SMILES string of the molecule is Cc1cc(C(=N)N2CCCC2)ccc1C(=O)SCCNC(=O)c1ccc(CI)s1. The highest BCUT2D eigenvalue weighted by atomic mass is 127. The molecule has 1 aliphatic heterocycles. The van der Waals surface area contributed by atoms with Crippen LogP contribution in [0.5, 0.6) is 0 Å². The Morgan fingerprint density at radius 1 is 1.24 bits per heavy atom. The number of alkyl halides is 1. The van der Waals surface area contributed by atoms with Crippen LogP contribution in [0.3, 0.4) is 0 Å². The first-order chi connectivity index (χ1) is 14.0. The van der Waals surface area contributed by atoms with Crippen molar-refractivity contribution in [2.24, 2.45) is 0 Å². The van der Waals surface area contributed by atoms with Gasteiger partial charge in [0.1, 0.15) is 5.84 Å². The van der Waals surface area contributed by atoms with Crippen LogP contribution in [0.2, 0.25) is 0 Å². The number of nitrogens with zero attached hydrogens (tertiary/aromatic N) is 1. The molecule has 1 amide bonds. The molecule has 3 rings (SSSR count). The van der Waals surface area contributed by atoms with E-state index in [0.717, 1.165) is 41.5 Å². The van der Waals surface area contributed by atoms with Crippen LogP contribution in [-0.2, 0) is 4.43 Å². The second kappa shape index (κ2) is 10.6. The number of hydrogen-bond acceptors (Lipinski definition) is 5. The normalized spacial score (nSPS) is 13.5. The molecule has 2 heterocycles. The number of amidine groups is 1. The van der Waals surface area contributed by atoms with Gasteiger partial charge in [-0.25, -0.2) is 0 Å². The summed E-state index contributed by atoms with van der Waals surface area (Å²) in [6.07, 6.45) is 2.27. The summed E-state index contributed by atoms with van der Waals surface area (Å²) in [5.41, 5.74) is 2.42. The Hall–Kier alpha value is -1.39. The van der Waals surface area contributed by atoms with Gasteiger partial charge in [-0.15, -0.1) is 11.3 Å². The van der Waals surface area contributed by atoms with Gasteiger partial charge >= 0.3 is 0 Å². The average Bonchev–Trinajstić information content (AvgIpc) is 3.42. The van der Waals surface area contributed by atoms with E-state index in [1.165, 1.54) is 28.0 Å². The highest BCUT2D eigenvalue weighted by Crippen LogP contribution is 2.21. The monoisotopic (exact) mass is 541 g/mol. The minimum Gasteiger partial charge on any atom is -0.357 e. The van der Waals surface area contributed by atoms with Gasteiger partial charge in [-0.2, -0.15) is 0 Å². The third kappa shape index (κ3) is 5.82. The highest BCUT2D eigenvalue weighted by Gasteiger charge is 2.18. The van der Waals surface area contributed by atoms with Crippen molar-refractivity contribution >= 4 is 62.5 Å². The maximum atomic E-state index is 12.5. The third-order valence-electron chi connectivity index (χ3n) is 4.78. The summed E-state index contributed by atoms with van der Waals surface area (Å²) in [7, 11) is 0. The maximum Gasteiger partial charge on any atom is 0.261 e. The number of aryl methyl sites for hydroxylation is 1. The van der Waals surface area contributed by atoms with Crippen molar-refractivity contribution in [3.63, 3.8) is 0 Å². The smallest absolute Gasteiger partial charge is 0.261 e. The third-order valence-corrected chi connectivity index (χ3v) is 8.09. The number of thioether (sulfide) groups is 1. The minimum atomic E-state index is -0.0832. The van der Waals surface area contributed by atoms with E-state index in [1.54, 1.807) is 0 Å². The van der Waals surface area contributed by atoms with Gasteiger partial charge in [0.05, 0.1) is 4.88 Å². The molecule has 2 N–H and O–H groups in total. The van der Waals surface area contributed by atoms with Crippen molar-refractivity contribution < 1.29 is 9.59 Å². The first-order valence-electron chi connectivity index (χ1n) is 9.54. The lowest BCUT2D eigenvalue weighted by Gasteiger charge is -2.19. The van der Waals surface area contributed by atoms with E-state index in [-0.39, 0.29) is 11.0 Å². The van der Waals surface area contributed by atoms with Gasteiger partial charge in [0.15, 0.2) is 0 Å². The van der Waals surface area contributed by atoms with E-state index in [0.29, 0.717) is 28.6 Å². The molecule has 0 unspecified atom stereocenters. The molecule has 1 aromatic heterocycles. The molecule has 0 aliphatic carbocycles. The zero-order valence-electron chi connectivity index (χ0n) is 16.3. The average molecular weight is 541 g/mol. The molecule has 0 bridgehead atoms. The molecule has 0 radical (unpaired) electrons. The van der Waals surface area contributed by atoms with Crippen LogP contribution in [0.25, 0.3) is 0 Å². The Labute approximate surface area is 193 Å². The van der Waals surface area contributed by atoms with Crippen molar-refractivity contribution in [2.45, 2.75) is 24.2 Å². The van der Waals surface area contributed by atoms with Gasteiger partial charge in [0.2, 0.25) is 5.12 Å². The molecule has 1 aliphatic rings. The first kappa shape index (κ1) is 22.3. The van der Waals surface area contributed by atoms with Crippen molar-refractivity contribution in [3.05, 3.63) is 56.8 Å². The van der Waals surface area contributed by atoms with Gasteiger partial charge in [0, 0.05) is 45.8 Å². The number of nitrogens with one attached hydrogen (secondary N) is 2. The second-order valence-electron chi connectivity index (χ2n) is 6.86. The lowest BCUT2D eigenvalue weighted by Crippen LogP contribution is -2.27. The van der Waals surface area contributed by atoms with E-state index in [1.807, 2.05) is 37.3 Å². The standard InChI is InChI=1S/C21H24IN3O2S2/c1-14-12-15(19(23)25-9-2-3-10-25)4-6-17(14)21(27)28-11-8-24-20(26)18-7-5-16(13-22)29-18/h4-7,12,23H,2-3,8-11,13H2,1H3,(H,24,26). The van der Waals surface area contributed by atoms with E-state index in [9.17, 15) is 9.59 Å². The topological polar surface area (TPSA) is 73.3 Å². The lowest BCUT2D eigenvalue weighted by molar-refractivity contribution is 0.0959. The molecule has 5 nitrogen and oxygen atoms in total. The fraction of sp³-hybridized carbons (Fsp3) is 0.381. The number of thiophene rings is 1. The molecular weight excluding hydrogens is 517 g/mol. The van der Waals surface area contributed by atoms with E-state index >= 15 is 0 Å². The van der Waals surface area contributed by atoms with Crippen molar-refractivity contribution in [1.82, 2.24) is 10.2 Å². The Morgan fingerprint density at radius 2 is 2.00 bits per heavy atom. The highest BCUT2D eigenvalue weighted by molar-refractivity contribution is 14.1. The Morgan fingerprint density at radius 3 is 2.66 bits per heavy atom. The molecular formula is C21H24IN3O2S2. The number of carbonyl (C=O) groups excluding carboxylic acids is 2. The molecule has 2 aromatic rings. The Balaban J connectivity index is 1.48. The number of likely N-dealkylation sites (tertiary alicyclic amines) is 1. The van der Waals surface area contributed by atoms with E-state index < -0.39 is 0 Å².